The van der Waals surface area contributed by atoms with Crippen molar-refractivity contribution < 1.29 is 28.6 Å². The van der Waals surface area contributed by atoms with Gasteiger partial charge in [-0.25, -0.2) is 5.43 Å². The Morgan fingerprint density at radius 3 is 2.38 bits per heavy atom. The molecule has 0 aliphatic rings. The van der Waals surface area contributed by atoms with E-state index in [2.05, 4.69) is 21.2 Å². The highest BCUT2D eigenvalue weighted by Crippen LogP contribution is 2.28. The smallest absolute Gasteiger partial charge is 0.329 e. The van der Waals surface area contributed by atoms with Gasteiger partial charge in [-0.2, -0.15) is 5.10 Å². The van der Waals surface area contributed by atoms with Crippen LogP contribution >= 0.6 is 0 Å². The maximum absolute atomic E-state index is 12.4. The van der Waals surface area contributed by atoms with E-state index >= 15 is 0 Å². The van der Waals surface area contributed by atoms with Crippen LogP contribution in [0, 0.1) is 13.8 Å². The molecule has 0 fully saturated rings. The molecule has 0 radical (unpaired) electrons. The second-order valence-corrected chi connectivity index (χ2v) is 8.58. The van der Waals surface area contributed by atoms with Crippen LogP contribution in [-0.4, -0.2) is 56.4 Å². The summed E-state index contributed by atoms with van der Waals surface area (Å²) in [6.45, 7) is 10.6. The molecule has 0 bridgehead atoms. The number of amides is 3. The molecule has 200 valence electrons. The van der Waals surface area contributed by atoms with Gasteiger partial charge in [-0.05, 0) is 88.1 Å². The number of carbonyl (C=O) groups is 3. The van der Waals surface area contributed by atoms with Gasteiger partial charge in [0.25, 0.3) is 5.91 Å². The van der Waals surface area contributed by atoms with Crippen LogP contribution in [0.5, 0.6) is 11.5 Å². The summed E-state index contributed by atoms with van der Waals surface area (Å²) in [4.78, 5) is 36.1. The summed E-state index contributed by atoms with van der Waals surface area (Å²) >= 11 is 0. The van der Waals surface area contributed by atoms with Crippen molar-refractivity contribution in [1.82, 2.24) is 10.7 Å². The molecule has 0 spiro atoms. The Kier molecular flexibility index (Phi) is 12.1. The number of hydrogen-bond donors (Lipinski definition) is 3. The van der Waals surface area contributed by atoms with E-state index in [1.54, 1.807) is 18.2 Å². The highest BCUT2D eigenvalue weighted by molar-refractivity contribution is 6.35. The zero-order valence-corrected chi connectivity index (χ0v) is 22.1. The molecule has 2 aromatic carbocycles. The third-order valence-corrected chi connectivity index (χ3v) is 4.78. The van der Waals surface area contributed by atoms with E-state index in [0.717, 1.165) is 11.1 Å². The predicted molar refractivity (Wildman–Crippen MR) is 142 cm³/mol. The van der Waals surface area contributed by atoms with E-state index in [9.17, 15) is 14.4 Å². The highest BCUT2D eigenvalue weighted by Gasteiger charge is 2.12. The van der Waals surface area contributed by atoms with Gasteiger partial charge in [0.15, 0.2) is 18.1 Å². The van der Waals surface area contributed by atoms with Crippen LogP contribution in [0.1, 0.15) is 43.9 Å². The van der Waals surface area contributed by atoms with Crippen LogP contribution in [0.2, 0.25) is 0 Å². The fourth-order valence-corrected chi connectivity index (χ4v) is 3.27. The summed E-state index contributed by atoms with van der Waals surface area (Å²) in [7, 11) is 0. The van der Waals surface area contributed by atoms with Gasteiger partial charge in [-0.1, -0.05) is 6.07 Å². The molecule has 3 N–H and O–H groups in total. The molecular weight excluding hydrogens is 476 g/mol. The normalized spacial score (nSPS) is 10.9. The number of nitrogens with one attached hydrogen (secondary N) is 3. The standard InChI is InChI=1S/C27H36N4O6/c1-6-35-24-15-21(16-29-31-27(34)26(33)28-10-7-11-36-18(2)3)8-9-23(24)37-17-25(32)30-22-13-19(4)12-20(5)14-22/h8-9,12-16,18H,6-7,10-11,17H2,1-5H3,(H,28,33)(H,30,32)(H,31,34)/b29-16-. The van der Waals surface area contributed by atoms with E-state index in [1.165, 1.54) is 6.21 Å². The zero-order chi connectivity index (χ0) is 27.2. The molecule has 10 heteroatoms. The van der Waals surface area contributed by atoms with Crippen molar-refractivity contribution in [3.05, 3.63) is 53.1 Å². The van der Waals surface area contributed by atoms with Crippen molar-refractivity contribution in [2.24, 2.45) is 5.10 Å². The van der Waals surface area contributed by atoms with Crippen LogP contribution < -0.4 is 25.5 Å². The van der Waals surface area contributed by atoms with Crippen molar-refractivity contribution in [2.45, 2.75) is 47.1 Å². The summed E-state index contributed by atoms with van der Waals surface area (Å²) < 4.78 is 16.7. The lowest BCUT2D eigenvalue weighted by atomic mass is 10.1. The number of nitrogens with zero attached hydrogens (tertiary/aromatic N) is 1. The summed E-state index contributed by atoms with van der Waals surface area (Å²) in [5, 5.41) is 9.16. The minimum atomic E-state index is -0.874. The van der Waals surface area contributed by atoms with Crippen LogP contribution in [0.15, 0.2) is 41.5 Å². The first kappa shape index (κ1) is 29.3. The second-order valence-electron chi connectivity index (χ2n) is 8.58. The first-order valence-electron chi connectivity index (χ1n) is 12.2. The highest BCUT2D eigenvalue weighted by atomic mass is 16.5. The molecular formula is C27H36N4O6. The maximum atomic E-state index is 12.4. The van der Waals surface area contributed by atoms with E-state index in [4.69, 9.17) is 14.2 Å². The fourth-order valence-electron chi connectivity index (χ4n) is 3.27. The van der Waals surface area contributed by atoms with E-state index in [1.807, 2.05) is 52.8 Å². The van der Waals surface area contributed by atoms with Gasteiger partial charge < -0.3 is 24.8 Å². The Bertz CT molecular complexity index is 1080. The molecule has 37 heavy (non-hydrogen) atoms. The van der Waals surface area contributed by atoms with Gasteiger partial charge in [-0.15, -0.1) is 0 Å². The first-order chi connectivity index (χ1) is 17.7. The molecule has 0 aliphatic carbocycles. The van der Waals surface area contributed by atoms with Crippen molar-refractivity contribution >= 4 is 29.6 Å². The third kappa shape index (κ3) is 11.1. The fraction of sp³-hybridized carbons (Fsp3) is 0.407. The number of anilines is 1. The molecule has 0 unspecified atom stereocenters. The first-order valence-corrected chi connectivity index (χ1v) is 12.2. The summed E-state index contributed by atoms with van der Waals surface area (Å²) in [5.74, 6) is -1.15. The third-order valence-electron chi connectivity index (χ3n) is 4.78. The number of aryl methyl sites for hydroxylation is 2. The molecule has 10 nitrogen and oxygen atoms in total. The van der Waals surface area contributed by atoms with Gasteiger partial charge in [0.1, 0.15) is 0 Å². The number of hydrazone groups is 1. The predicted octanol–water partition coefficient (Wildman–Crippen LogP) is 3.10. The molecule has 0 saturated carbocycles. The molecule has 2 rings (SSSR count). The molecule has 0 atom stereocenters. The Labute approximate surface area is 217 Å². The maximum Gasteiger partial charge on any atom is 0.329 e. The Balaban J connectivity index is 1.87. The Hall–Kier alpha value is -3.92. The van der Waals surface area contributed by atoms with Crippen molar-refractivity contribution in [3.8, 4) is 11.5 Å². The SMILES string of the molecule is CCOc1cc(/C=N\NC(=O)C(=O)NCCCOC(C)C)ccc1OCC(=O)Nc1cc(C)cc(C)c1. The number of benzene rings is 2. The van der Waals surface area contributed by atoms with Gasteiger partial charge in [-0.3, -0.25) is 14.4 Å². The number of ether oxygens (including phenoxy) is 3. The van der Waals surface area contributed by atoms with Crippen molar-refractivity contribution in [1.29, 1.82) is 0 Å². The molecule has 0 heterocycles. The molecule has 3 amide bonds. The van der Waals surface area contributed by atoms with Gasteiger partial charge in [0.2, 0.25) is 0 Å². The molecule has 0 saturated heterocycles. The van der Waals surface area contributed by atoms with Gasteiger partial charge in [0.05, 0.1) is 18.9 Å². The minimum absolute atomic E-state index is 0.116. The van der Waals surface area contributed by atoms with E-state index < -0.39 is 11.8 Å². The topological polar surface area (TPSA) is 127 Å². The largest absolute Gasteiger partial charge is 0.490 e. The lowest BCUT2D eigenvalue weighted by molar-refractivity contribution is -0.139. The molecule has 0 aromatic heterocycles. The average Bonchev–Trinajstić information content (AvgIpc) is 2.82. The lowest BCUT2D eigenvalue weighted by Crippen LogP contribution is -2.38. The number of carbonyl (C=O) groups excluding carboxylic acids is 3. The average molecular weight is 513 g/mol. The minimum Gasteiger partial charge on any atom is -0.490 e. The van der Waals surface area contributed by atoms with Crippen LogP contribution in [0.3, 0.4) is 0 Å². The Morgan fingerprint density at radius 1 is 0.973 bits per heavy atom. The Morgan fingerprint density at radius 2 is 1.70 bits per heavy atom. The van der Waals surface area contributed by atoms with Crippen molar-refractivity contribution in [2.75, 3.05) is 31.7 Å². The van der Waals surface area contributed by atoms with Gasteiger partial charge in [0, 0.05) is 18.8 Å². The molecule has 0 aliphatic heterocycles. The van der Waals surface area contributed by atoms with Crippen molar-refractivity contribution in [3.63, 3.8) is 0 Å². The number of rotatable bonds is 13. The van der Waals surface area contributed by atoms with E-state index in [0.29, 0.717) is 48.9 Å². The van der Waals surface area contributed by atoms with E-state index in [-0.39, 0.29) is 18.6 Å². The van der Waals surface area contributed by atoms with Crippen LogP contribution in [0.4, 0.5) is 5.69 Å². The summed E-state index contributed by atoms with van der Waals surface area (Å²) in [5.41, 5.74) is 5.60. The van der Waals surface area contributed by atoms with Crippen LogP contribution in [-0.2, 0) is 19.1 Å². The van der Waals surface area contributed by atoms with Gasteiger partial charge >= 0.3 is 11.8 Å². The lowest BCUT2D eigenvalue weighted by Gasteiger charge is -2.13. The molecule has 2 aromatic rings. The monoisotopic (exact) mass is 512 g/mol. The number of hydrogen-bond acceptors (Lipinski definition) is 7. The summed E-state index contributed by atoms with van der Waals surface area (Å²) in [6.07, 6.45) is 2.09. The summed E-state index contributed by atoms with van der Waals surface area (Å²) in [6, 6.07) is 10.8. The zero-order valence-electron chi connectivity index (χ0n) is 22.1. The second kappa shape index (κ2) is 15.2. The van der Waals surface area contributed by atoms with Crippen LogP contribution in [0.25, 0.3) is 0 Å². The quantitative estimate of drug-likeness (QED) is 0.164.